The first-order valence-corrected chi connectivity index (χ1v) is 14.9. The van der Waals surface area contributed by atoms with Crippen LogP contribution in [0.1, 0.15) is 36.1 Å². The first-order chi connectivity index (χ1) is 15.3. The topological polar surface area (TPSA) is 18.5 Å². The van der Waals surface area contributed by atoms with Crippen molar-refractivity contribution in [3.63, 3.8) is 0 Å². The number of ether oxygens (including phenoxy) is 2. The second-order valence-electron chi connectivity index (χ2n) is 8.65. The Balaban J connectivity index is 2.06. The molecule has 3 rings (SSSR count). The number of alkyl halides is 1. The molecule has 4 heteroatoms. The van der Waals surface area contributed by atoms with Crippen molar-refractivity contribution in [2.45, 2.75) is 38.4 Å². The molecule has 0 saturated carbocycles. The van der Waals surface area contributed by atoms with E-state index in [1.54, 1.807) is 0 Å². The average molecular weight is 463 g/mol. The molecule has 0 bridgehead atoms. The third kappa shape index (κ3) is 5.76. The molecule has 0 fully saturated rings. The molecular weight excluding hydrogens is 432 g/mol. The molecule has 166 valence electrons. The molecule has 0 aliphatic carbocycles. The van der Waals surface area contributed by atoms with Crippen LogP contribution in [-0.2, 0) is 4.87 Å². The highest BCUT2D eigenvalue weighted by atomic mass is 35.5. The van der Waals surface area contributed by atoms with Gasteiger partial charge in [-0.05, 0) is 66.9 Å². The largest absolute Gasteiger partial charge is 0.494 e. The van der Waals surface area contributed by atoms with E-state index in [1.165, 1.54) is 0 Å². The molecule has 0 unspecified atom stereocenters. The van der Waals surface area contributed by atoms with Gasteiger partial charge in [0.2, 0.25) is 0 Å². The lowest BCUT2D eigenvalue weighted by Gasteiger charge is -2.29. The highest BCUT2D eigenvalue weighted by Gasteiger charge is 2.34. The van der Waals surface area contributed by atoms with Crippen molar-refractivity contribution in [3.05, 3.63) is 95.1 Å². The maximum absolute atomic E-state index is 7.47. The molecule has 0 aromatic heterocycles. The Hall–Kier alpha value is -2.67. The third-order valence-electron chi connectivity index (χ3n) is 4.99. The second-order valence-corrected chi connectivity index (χ2v) is 14.0. The van der Waals surface area contributed by atoms with Crippen LogP contribution in [0.5, 0.6) is 11.5 Å². The highest BCUT2D eigenvalue weighted by Crippen LogP contribution is 2.44. The van der Waals surface area contributed by atoms with Crippen LogP contribution in [0.4, 0.5) is 0 Å². The molecule has 0 saturated heterocycles. The van der Waals surface area contributed by atoms with E-state index in [0.29, 0.717) is 13.2 Å². The summed E-state index contributed by atoms with van der Waals surface area (Å²) in [4.78, 5) is -0.847. The zero-order valence-corrected chi connectivity index (χ0v) is 21.3. The number of benzene rings is 3. The summed E-state index contributed by atoms with van der Waals surface area (Å²) in [5.41, 5.74) is 7.38. The van der Waals surface area contributed by atoms with Gasteiger partial charge in [0.25, 0.3) is 0 Å². The first-order valence-electron chi connectivity index (χ1n) is 11.1. The van der Waals surface area contributed by atoms with E-state index in [1.807, 2.05) is 62.4 Å². The van der Waals surface area contributed by atoms with Gasteiger partial charge in [-0.3, -0.25) is 0 Å². The van der Waals surface area contributed by atoms with Gasteiger partial charge < -0.3 is 9.47 Å². The van der Waals surface area contributed by atoms with E-state index in [0.717, 1.165) is 33.8 Å². The van der Waals surface area contributed by atoms with Crippen molar-refractivity contribution >= 4 is 19.7 Å². The average Bonchev–Trinajstić information content (AvgIpc) is 2.78. The van der Waals surface area contributed by atoms with E-state index in [4.69, 9.17) is 21.1 Å². The predicted molar refractivity (Wildman–Crippen MR) is 138 cm³/mol. The Kier molecular flexibility index (Phi) is 7.72. The summed E-state index contributed by atoms with van der Waals surface area (Å²) in [6.07, 6.45) is 0. The van der Waals surface area contributed by atoms with Crippen molar-refractivity contribution in [1.82, 2.24) is 0 Å². The smallest absolute Gasteiger partial charge is 0.129 e. The minimum atomic E-state index is -1.43. The number of hydrogen-bond acceptors (Lipinski definition) is 2. The quantitative estimate of drug-likeness (QED) is 0.159. The fourth-order valence-electron chi connectivity index (χ4n) is 3.44. The Morgan fingerprint density at radius 1 is 0.688 bits per heavy atom. The minimum Gasteiger partial charge on any atom is -0.494 e. The van der Waals surface area contributed by atoms with Crippen LogP contribution in [0.3, 0.4) is 0 Å². The molecule has 0 spiro atoms. The molecule has 0 aliphatic heterocycles. The van der Waals surface area contributed by atoms with Crippen LogP contribution in [0, 0.1) is 11.5 Å². The van der Waals surface area contributed by atoms with Crippen molar-refractivity contribution in [1.29, 1.82) is 0 Å². The van der Waals surface area contributed by atoms with Crippen molar-refractivity contribution in [2.75, 3.05) is 13.2 Å². The summed E-state index contributed by atoms with van der Waals surface area (Å²) < 4.78 is 11.3. The van der Waals surface area contributed by atoms with Gasteiger partial charge in [0.1, 0.15) is 24.4 Å². The second kappa shape index (κ2) is 10.3. The molecule has 0 heterocycles. The van der Waals surface area contributed by atoms with Crippen LogP contribution < -0.4 is 9.47 Å². The highest BCUT2D eigenvalue weighted by molar-refractivity contribution is 6.83. The van der Waals surface area contributed by atoms with E-state index >= 15 is 0 Å². The standard InChI is InChI=1S/C28H31ClO2Si/c1-6-30-26-16-12-24(13-17-26)28(29,25-14-18-27(19-15-25)31-7-2)23-10-8-22(9-11-23)20-21-32(3,4)5/h8-19H,6-7H2,1-5H3. The van der Waals surface area contributed by atoms with Gasteiger partial charge in [0, 0.05) is 5.56 Å². The fourth-order valence-corrected chi connectivity index (χ4v) is 4.34. The van der Waals surface area contributed by atoms with Gasteiger partial charge in [-0.1, -0.05) is 62.0 Å². The summed E-state index contributed by atoms with van der Waals surface area (Å²) in [5.74, 6) is 4.99. The monoisotopic (exact) mass is 462 g/mol. The van der Waals surface area contributed by atoms with Crippen LogP contribution in [0.15, 0.2) is 72.8 Å². The molecule has 0 radical (unpaired) electrons. The molecule has 0 N–H and O–H groups in total. The summed E-state index contributed by atoms with van der Waals surface area (Å²) in [6, 6.07) is 24.3. The Morgan fingerprint density at radius 3 is 1.41 bits per heavy atom. The molecule has 3 aromatic rings. The predicted octanol–water partition coefficient (Wildman–Crippen LogP) is 7.24. The zero-order valence-electron chi connectivity index (χ0n) is 19.5. The van der Waals surface area contributed by atoms with Crippen LogP contribution >= 0.6 is 11.6 Å². The van der Waals surface area contributed by atoms with E-state index in [9.17, 15) is 0 Å². The van der Waals surface area contributed by atoms with Crippen LogP contribution in [-0.4, -0.2) is 21.3 Å². The molecule has 32 heavy (non-hydrogen) atoms. The van der Waals surface area contributed by atoms with Crippen molar-refractivity contribution in [3.8, 4) is 23.0 Å². The molecule has 3 aromatic carbocycles. The van der Waals surface area contributed by atoms with Gasteiger partial charge in [-0.2, -0.15) is 0 Å². The van der Waals surface area contributed by atoms with E-state index < -0.39 is 12.9 Å². The number of rotatable bonds is 7. The summed E-state index contributed by atoms with van der Waals surface area (Å²) in [6.45, 7) is 12.0. The van der Waals surface area contributed by atoms with Gasteiger partial charge in [0.15, 0.2) is 0 Å². The number of halogens is 1. The Labute approximate surface area is 198 Å². The molecular formula is C28H31ClO2Si. The summed E-state index contributed by atoms with van der Waals surface area (Å²) in [7, 11) is -1.43. The van der Waals surface area contributed by atoms with Gasteiger partial charge in [0.05, 0.1) is 13.2 Å². The van der Waals surface area contributed by atoms with Crippen molar-refractivity contribution < 1.29 is 9.47 Å². The van der Waals surface area contributed by atoms with Gasteiger partial charge in [-0.25, -0.2) is 0 Å². The first kappa shape index (κ1) is 24.0. The maximum atomic E-state index is 7.47. The SMILES string of the molecule is CCOc1ccc(C(Cl)(c2ccc(C#C[Si](C)(C)C)cc2)c2ccc(OCC)cc2)cc1. The molecule has 0 aliphatic rings. The van der Waals surface area contributed by atoms with Crippen LogP contribution in [0.25, 0.3) is 0 Å². The maximum Gasteiger partial charge on any atom is 0.129 e. The van der Waals surface area contributed by atoms with E-state index in [2.05, 4.69) is 55.4 Å². The zero-order chi connectivity index (χ0) is 23.2. The lowest BCUT2D eigenvalue weighted by atomic mass is 9.84. The lowest BCUT2D eigenvalue weighted by molar-refractivity contribution is 0.340. The summed E-state index contributed by atoms with van der Waals surface area (Å²) in [5, 5.41) is 0. The van der Waals surface area contributed by atoms with Crippen molar-refractivity contribution in [2.24, 2.45) is 0 Å². The third-order valence-corrected chi connectivity index (χ3v) is 6.52. The lowest BCUT2D eigenvalue weighted by Crippen LogP contribution is -2.22. The fraction of sp³-hybridized carbons (Fsp3) is 0.286. The Bertz CT molecular complexity index is 1020. The van der Waals surface area contributed by atoms with Gasteiger partial charge >= 0.3 is 0 Å². The molecule has 2 nitrogen and oxygen atoms in total. The normalized spacial score (nSPS) is 11.4. The van der Waals surface area contributed by atoms with Crippen LogP contribution in [0.2, 0.25) is 19.6 Å². The minimum absolute atomic E-state index is 0.629. The van der Waals surface area contributed by atoms with E-state index in [-0.39, 0.29) is 0 Å². The Morgan fingerprint density at radius 2 is 1.06 bits per heavy atom. The molecule has 0 amide bonds. The number of hydrogen-bond donors (Lipinski definition) is 0. The van der Waals surface area contributed by atoms with Gasteiger partial charge in [-0.15, -0.1) is 17.1 Å². The molecule has 0 atom stereocenters. The summed E-state index contributed by atoms with van der Waals surface area (Å²) >= 11 is 7.47.